The third kappa shape index (κ3) is 2.94. The van der Waals surface area contributed by atoms with Gasteiger partial charge in [-0.1, -0.05) is 42.5 Å². The molecule has 0 aliphatic rings. The lowest BCUT2D eigenvalue weighted by Gasteiger charge is -2.09. The van der Waals surface area contributed by atoms with Crippen molar-refractivity contribution in [1.29, 1.82) is 0 Å². The van der Waals surface area contributed by atoms with E-state index in [4.69, 9.17) is 9.47 Å². The zero-order valence-corrected chi connectivity index (χ0v) is 10.7. The molecule has 0 saturated heterocycles. The second kappa shape index (κ2) is 6.28. The van der Waals surface area contributed by atoms with Gasteiger partial charge in [0.15, 0.2) is 6.29 Å². The number of nitrogens with zero attached hydrogens (tertiary/aromatic N) is 1. The highest BCUT2D eigenvalue weighted by Gasteiger charge is 2.02. The van der Waals surface area contributed by atoms with E-state index in [1.807, 2.05) is 24.4 Å². The van der Waals surface area contributed by atoms with Gasteiger partial charge in [-0.3, -0.25) is 4.99 Å². The van der Waals surface area contributed by atoms with Crippen LogP contribution in [0.4, 0.5) is 0 Å². The van der Waals surface area contributed by atoms with Gasteiger partial charge in [0, 0.05) is 26.0 Å². The maximum Gasteiger partial charge on any atom is 0.176 e. The van der Waals surface area contributed by atoms with Crippen LogP contribution >= 0.6 is 0 Å². The Hall–Kier alpha value is -1.71. The minimum Gasteiger partial charge on any atom is -0.354 e. The van der Waals surface area contributed by atoms with Crippen molar-refractivity contribution in [2.24, 2.45) is 4.99 Å². The summed E-state index contributed by atoms with van der Waals surface area (Å²) in [6, 6.07) is 14.5. The Morgan fingerprint density at radius 1 is 1.06 bits per heavy atom. The molecule has 0 atom stereocenters. The second-order valence-corrected chi connectivity index (χ2v) is 3.96. The Balaban J connectivity index is 2.19. The first kappa shape index (κ1) is 12.7. The molecule has 0 saturated carbocycles. The van der Waals surface area contributed by atoms with Gasteiger partial charge in [-0.2, -0.15) is 0 Å². The Morgan fingerprint density at radius 2 is 1.78 bits per heavy atom. The van der Waals surface area contributed by atoms with Gasteiger partial charge in [0.05, 0.1) is 6.54 Å². The highest BCUT2D eigenvalue weighted by Crippen LogP contribution is 2.16. The van der Waals surface area contributed by atoms with Gasteiger partial charge in [-0.15, -0.1) is 0 Å². The molecule has 94 valence electrons. The first-order chi connectivity index (χ1) is 8.85. The lowest BCUT2D eigenvalue weighted by molar-refractivity contribution is -0.0936. The standard InChI is InChI=1S/C15H17NO2/c1-17-15(18-2)11-16-10-13-8-5-7-12-6-3-4-9-14(12)13/h3-10,15H,11H2,1-2H3. The van der Waals surface area contributed by atoms with Gasteiger partial charge in [0.1, 0.15) is 0 Å². The van der Waals surface area contributed by atoms with Gasteiger partial charge in [0.2, 0.25) is 0 Å². The van der Waals surface area contributed by atoms with Crippen molar-refractivity contribution in [2.45, 2.75) is 6.29 Å². The maximum absolute atomic E-state index is 5.09. The van der Waals surface area contributed by atoms with Crippen LogP contribution in [-0.4, -0.2) is 33.3 Å². The van der Waals surface area contributed by atoms with Gasteiger partial charge >= 0.3 is 0 Å². The number of hydrogen-bond donors (Lipinski definition) is 0. The highest BCUT2D eigenvalue weighted by molar-refractivity contribution is 5.99. The van der Waals surface area contributed by atoms with Crippen LogP contribution in [-0.2, 0) is 9.47 Å². The quantitative estimate of drug-likeness (QED) is 0.597. The van der Waals surface area contributed by atoms with Crippen molar-refractivity contribution in [1.82, 2.24) is 0 Å². The van der Waals surface area contributed by atoms with Crippen LogP contribution in [0.3, 0.4) is 0 Å². The summed E-state index contributed by atoms with van der Waals surface area (Å²) in [4.78, 5) is 4.36. The number of aliphatic imine (C=N–C) groups is 1. The number of rotatable bonds is 5. The van der Waals surface area contributed by atoms with Crippen molar-refractivity contribution in [3.05, 3.63) is 48.0 Å². The molecule has 0 unspecified atom stereocenters. The molecule has 2 aromatic rings. The molecular formula is C15H17NO2. The normalized spacial score (nSPS) is 11.7. The monoisotopic (exact) mass is 243 g/mol. The zero-order chi connectivity index (χ0) is 12.8. The molecule has 0 heterocycles. The smallest absolute Gasteiger partial charge is 0.176 e. The summed E-state index contributed by atoms with van der Waals surface area (Å²) < 4.78 is 10.2. The lowest BCUT2D eigenvalue weighted by Crippen LogP contribution is -2.16. The molecule has 2 rings (SSSR count). The molecule has 0 bridgehead atoms. The Bertz CT molecular complexity index is 528. The van der Waals surface area contributed by atoms with E-state index in [-0.39, 0.29) is 6.29 Å². The highest BCUT2D eigenvalue weighted by atomic mass is 16.7. The molecular weight excluding hydrogens is 226 g/mol. The topological polar surface area (TPSA) is 30.8 Å². The van der Waals surface area contributed by atoms with Crippen molar-refractivity contribution >= 4 is 17.0 Å². The van der Waals surface area contributed by atoms with Crippen LogP contribution in [0.25, 0.3) is 10.8 Å². The van der Waals surface area contributed by atoms with Crippen molar-refractivity contribution in [3.8, 4) is 0 Å². The summed E-state index contributed by atoms with van der Waals surface area (Å²) in [6.45, 7) is 0.496. The second-order valence-electron chi connectivity index (χ2n) is 3.96. The van der Waals surface area contributed by atoms with Gasteiger partial charge in [-0.05, 0) is 10.8 Å². The lowest BCUT2D eigenvalue weighted by atomic mass is 10.1. The number of methoxy groups -OCH3 is 2. The Labute approximate surface area is 107 Å². The third-order valence-corrected chi connectivity index (χ3v) is 2.83. The first-order valence-corrected chi connectivity index (χ1v) is 5.88. The van der Waals surface area contributed by atoms with Crippen molar-refractivity contribution in [2.75, 3.05) is 20.8 Å². The van der Waals surface area contributed by atoms with E-state index < -0.39 is 0 Å². The molecule has 0 radical (unpaired) electrons. The van der Waals surface area contributed by atoms with E-state index in [1.165, 1.54) is 10.8 Å². The van der Waals surface area contributed by atoms with Crippen LogP contribution in [0, 0.1) is 0 Å². The van der Waals surface area contributed by atoms with E-state index in [2.05, 4.69) is 29.3 Å². The zero-order valence-electron chi connectivity index (χ0n) is 10.7. The van der Waals surface area contributed by atoms with Gasteiger partial charge < -0.3 is 9.47 Å². The molecule has 3 heteroatoms. The van der Waals surface area contributed by atoms with E-state index in [0.29, 0.717) is 6.54 Å². The minimum atomic E-state index is -0.281. The Morgan fingerprint density at radius 3 is 2.56 bits per heavy atom. The predicted octanol–water partition coefficient (Wildman–Crippen LogP) is 2.88. The molecule has 0 aromatic heterocycles. The largest absolute Gasteiger partial charge is 0.354 e. The molecule has 0 fully saturated rings. The summed E-state index contributed by atoms with van der Waals surface area (Å²) in [7, 11) is 3.23. The SMILES string of the molecule is COC(CN=Cc1cccc2ccccc12)OC. The van der Waals surface area contributed by atoms with Crippen molar-refractivity contribution in [3.63, 3.8) is 0 Å². The van der Waals surface area contributed by atoms with E-state index in [9.17, 15) is 0 Å². The fraction of sp³-hybridized carbons (Fsp3) is 0.267. The predicted molar refractivity (Wildman–Crippen MR) is 74.2 cm³/mol. The maximum atomic E-state index is 5.09. The molecule has 18 heavy (non-hydrogen) atoms. The molecule has 2 aromatic carbocycles. The number of fused-ring (bicyclic) bond motifs is 1. The number of hydrogen-bond acceptors (Lipinski definition) is 3. The van der Waals surface area contributed by atoms with Crippen LogP contribution < -0.4 is 0 Å². The molecule has 0 aliphatic carbocycles. The summed E-state index contributed by atoms with van der Waals surface area (Å²) in [5, 5.41) is 2.42. The third-order valence-electron chi connectivity index (χ3n) is 2.83. The molecule has 0 aliphatic heterocycles. The molecule has 0 amide bonds. The summed E-state index contributed by atoms with van der Waals surface area (Å²) >= 11 is 0. The Kier molecular flexibility index (Phi) is 4.45. The average Bonchev–Trinajstić information content (AvgIpc) is 2.44. The number of ether oxygens (including phenoxy) is 2. The minimum absolute atomic E-state index is 0.281. The van der Waals surface area contributed by atoms with Crippen LogP contribution in [0.2, 0.25) is 0 Å². The fourth-order valence-corrected chi connectivity index (χ4v) is 1.85. The van der Waals surface area contributed by atoms with Gasteiger partial charge in [0.25, 0.3) is 0 Å². The summed E-state index contributed by atoms with van der Waals surface area (Å²) in [5.74, 6) is 0. The fourth-order valence-electron chi connectivity index (χ4n) is 1.85. The molecule has 3 nitrogen and oxygen atoms in total. The average molecular weight is 243 g/mol. The van der Waals surface area contributed by atoms with Gasteiger partial charge in [-0.25, -0.2) is 0 Å². The van der Waals surface area contributed by atoms with Crippen LogP contribution in [0.1, 0.15) is 5.56 Å². The molecule has 0 N–H and O–H groups in total. The first-order valence-electron chi connectivity index (χ1n) is 5.88. The van der Waals surface area contributed by atoms with E-state index >= 15 is 0 Å². The van der Waals surface area contributed by atoms with Crippen LogP contribution in [0.15, 0.2) is 47.5 Å². The summed E-state index contributed by atoms with van der Waals surface area (Å²) in [6.07, 6.45) is 1.59. The van der Waals surface area contributed by atoms with Crippen molar-refractivity contribution < 1.29 is 9.47 Å². The number of benzene rings is 2. The molecule has 0 spiro atoms. The van der Waals surface area contributed by atoms with E-state index in [1.54, 1.807) is 14.2 Å². The summed E-state index contributed by atoms with van der Waals surface area (Å²) in [5.41, 5.74) is 1.11. The van der Waals surface area contributed by atoms with Crippen LogP contribution in [0.5, 0.6) is 0 Å². The van der Waals surface area contributed by atoms with E-state index in [0.717, 1.165) is 5.56 Å².